The molecule has 0 fully saturated rings. The summed E-state index contributed by atoms with van der Waals surface area (Å²) < 4.78 is 1.60. The second-order valence-electron chi connectivity index (χ2n) is 6.88. The van der Waals surface area contributed by atoms with Gasteiger partial charge in [-0.05, 0) is 56.2 Å². The highest BCUT2D eigenvalue weighted by Crippen LogP contribution is 2.23. The number of amides is 1. The minimum atomic E-state index is -0.414. The van der Waals surface area contributed by atoms with E-state index in [2.05, 4.69) is 10.4 Å². The van der Waals surface area contributed by atoms with E-state index in [9.17, 15) is 14.9 Å². The van der Waals surface area contributed by atoms with E-state index in [0.29, 0.717) is 28.5 Å². The van der Waals surface area contributed by atoms with Gasteiger partial charge in [0, 0.05) is 10.6 Å². The average Bonchev–Trinajstić information content (AvgIpc) is 2.95. The smallest absolute Gasteiger partial charge is 0.312 e. The van der Waals surface area contributed by atoms with Gasteiger partial charge in [0.2, 0.25) is 0 Å². The van der Waals surface area contributed by atoms with Crippen LogP contribution < -0.4 is 5.32 Å². The zero-order chi connectivity index (χ0) is 21.1. The van der Waals surface area contributed by atoms with Crippen LogP contribution >= 0.6 is 11.6 Å². The number of carbonyl (C=O) groups excluding carboxylic acids is 1. The Labute approximate surface area is 173 Å². The molecule has 0 saturated carbocycles. The summed E-state index contributed by atoms with van der Waals surface area (Å²) in [7, 11) is 0. The van der Waals surface area contributed by atoms with E-state index in [1.807, 2.05) is 37.3 Å². The topological polar surface area (TPSA) is 90.1 Å². The van der Waals surface area contributed by atoms with Crippen molar-refractivity contribution in [3.05, 3.63) is 91.7 Å². The van der Waals surface area contributed by atoms with E-state index in [0.717, 1.165) is 11.1 Å². The molecule has 150 valence electrons. The number of aromatic nitrogens is 2. The Morgan fingerprint density at radius 3 is 2.52 bits per heavy atom. The predicted octanol–water partition coefficient (Wildman–Crippen LogP) is 4.60. The van der Waals surface area contributed by atoms with Crippen molar-refractivity contribution in [2.24, 2.45) is 0 Å². The molecule has 7 nitrogen and oxygen atoms in total. The van der Waals surface area contributed by atoms with Crippen LogP contribution in [-0.2, 0) is 6.54 Å². The number of hydrogen-bond acceptors (Lipinski definition) is 4. The summed E-state index contributed by atoms with van der Waals surface area (Å²) in [4.78, 5) is 23.2. The number of hydrogen-bond donors (Lipinski definition) is 1. The Kier molecular flexibility index (Phi) is 5.98. The highest BCUT2D eigenvalue weighted by atomic mass is 35.5. The zero-order valence-electron chi connectivity index (χ0n) is 16.3. The normalized spacial score (nSPS) is 11.9. The van der Waals surface area contributed by atoms with Gasteiger partial charge < -0.3 is 5.32 Å². The predicted molar refractivity (Wildman–Crippen MR) is 111 cm³/mol. The van der Waals surface area contributed by atoms with Crippen LogP contribution in [0.4, 0.5) is 5.69 Å². The Bertz CT molecular complexity index is 1060. The van der Waals surface area contributed by atoms with Gasteiger partial charge in [0.1, 0.15) is 11.4 Å². The molecule has 1 amide bonds. The molecule has 3 rings (SSSR count). The van der Waals surface area contributed by atoms with Crippen LogP contribution in [0.5, 0.6) is 0 Å². The molecule has 1 aromatic heterocycles. The van der Waals surface area contributed by atoms with Crippen molar-refractivity contribution < 1.29 is 9.72 Å². The number of aryl methyl sites for hydroxylation is 1. The maximum atomic E-state index is 12.5. The standard InChI is InChI=1S/C21H21ClN4O3/c1-13(18-5-4-6-19(22)11-18)23-21(27)17-9-7-16(8-10-17)12-25-15(3)20(26(28)29)14(2)24-25/h4-11,13H,12H2,1-3H3,(H,23,27)/t13-/m1/s1. The first-order chi connectivity index (χ1) is 13.8. The first kappa shape index (κ1) is 20.5. The van der Waals surface area contributed by atoms with Gasteiger partial charge in [0.15, 0.2) is 0 Å². The highest BCUT2D eigenvalue weighted by Gasteiger charge is 2.21. The average molecular weight is 413 g/mol. The van der Waals surface area contributed by atoms with Gasteiger partial charge in [0.05, 0.1) is 17.5 Å². The number of nitrogens with one attached hydrogen (secondary N) is 1. The van der Waals surface area contributed by atoms with Crippen LogP contribution in [0, 0.1) is 24.0 Å². The number of halogens is 1. The van der Waals surface area contributed by atoms with E-state index in [1.165, 1.54) is 0 Å². The lowest BCUT2D eigenvalue weighted by atomic mass is 10.1. The molecule has 0 bridgehead atoms. The van der Waals surface area contributed by atoms with E-state index in [4.69, 9.17) is 11.6 Å². The molecule has 29 heavy (non-hydrogen) atoms. The molecule has 1 atom stereocenters. The van der Waals surface area contributed by atoms with Crippen LogP contribution in [0.1, 0.15) is 45.8 Å². The maximum Gasteiger partial charge on any atom is 0.312 e. The molecule has 1 N–H and O–H groups in total. The molecule has 0 aliphatic heterocycles. The summed E-state index contributed by atoms with van der Waals surface area (Å²) in [6.45, 7) is 5.59. The Morgan fingerprint density at radius 1 is 1.24 bits per heavy atom. The van der Waals surface area contributed by atoms with Crippen LogP contribution in [0.15, 0.2) is 48.5 Å². The Hall–Kier alpha value is -3.19. The lowest BCUT2D eigenvalue weighted by molar-refractivity contribution is -0.386. The minimum Gasteiger partial charge on any atom is -0.346 e. The fraction of sp³-hybridized carbons (Fsp3) is 0.238. The van der Waals surface area contributed by atoms with Crippen molar-refractivity contribution in [2.45, 2.75) is 33.4 Å². The van der Waals surface area contributed by atoms with Crippen LogP contribution in [0.25, 0.3) is 0 Å². The molecule has 0 radical (unpaired) electrons. The molecular weight excluding hydrogens is 392 g/mol. The summed E-state index contributed by atoms with van der Waals surface area (Å²) in [5.41, 5.74) is 3.28. The first-order valence-electron chi connectivity index (χ1n) is 9.10. The highest BCUT2D eigenvalue weighted by molar-refractivity contribution is 6.30. The lowest BCUT2D eigenvalue weighted by Crippen LogP contribution is -2.26. The van der Waals surface area contributed by atoms with Crippen LogP contribution in [0.2, 0.25) is 5.02 Å². The Balaban J connectivity index is 1.69. The third kappa shape index (κ3) is 4.63. The summed E-state index contributed by atoms with van der Waals surface area (Å²) >= 11 is 6.01. The van der Waals surface area contributed by atoms with Gasteiger partial charge in [0.25, 0.3) is 5.91 Å². The summed E-state index contributed by atoms with van der Waals surface area (Å²) in [6.07, 6.45) is 0. The number of rotatable bonds is 6. The fourth-order valence-corrected chi connectivity index (χ4v) is 3.38. The maximum absolute atomic E-state index is 12.5. The van der Waals surface area contributed by atoms with Gasteiger partial charge in [-0.15, -0.1) is 0 Å². The van der Waals surface area contributed by atoms with Crippen LogP contribution in [-0.4, -0.2) is 20.6 Å². The molecule has 8 heteroatoms. The van der Waals surface area contributed by atoms with E-state index in [1.54, 1.807) is 36.7 Å². The Morgan fingerprint density at radius 2 is 1.93 bits per heavy atom. The summed E-state index contributed by atoms with van der Waals surface area (Å²) in [6, 6.07) is 14.3. The second kappa shape index (κ2) is 8.45. The molecule has 0 unspecified atom stereocenters. The lowest BCUT2D eigenvalue weighted by Gasteiger charge is -2.15. The molecule has 2 aromatic carbocycles. The molecule has 0 spiro atoms. The SMILES string of the molecule is Cc1nn(Cc2ccc(C(=O)N[C@H](C)c3cccc(Cl)c3)cc2)c(C)c1[N+](=O)[O-]. The minimum absolute atomic E-state index is 0.0380. The van der Waals surface area contributed by atoms with Crippen molar-refractivity contribution in [3.63, 3.8) is 0 Å². The quantitative estimate of drug-likeness (QED) is 0.473. The van der Waals surface area contributed by atoms with Gasteiger partial charge >= 0.3 is 5.69 Å². The monoisotopic (exact) mass is 412 g/mol. The number of carbonyl (C=O) groups is 1. The largest absolute Gasteiger partial charge is 0.346 e. The van der Waals surface area contributed by atoms with E-state index >= 15 is 0 Å². The second-order valence-corrected chi connectivity index (χ2v) is 7.32. The zero-order valence-corrected chi connectivity index (χ0v) is 17.1. The third-order valence-electron chi connectivity index (χ3n) is 4.77. The van der Waals surface area contributed by atoms with Crippen molar-refractivity contribution in [2.75, 3.05) is 0 Å². The van der Waals surface area contributed by atoms with Gasteiger partial charge in [-0.2, -0.15) is 5.10 Å². The number of nitrogens with zero attached hydrogens (tertiary/aromatic N) is 3. The van der Waals surface area contributed by atoms with E-state index < -0.39 is 4.92 Å². The van der Waals surface area contributed by atoms with Crippen molar-refractivity contribution >= 4 is 23.2 Å². The third-order valence-corrected chi connectivity index (χ3v) is 5.01. The summed E-state index contributed by atoms with van der Waals surface area (Å²) in [5, 5.41) is 19.0. The van der Waals surface area contributed by atoms with Gasteiger partial charge in [-0.25, -0.2) is 0 Å². The van der Waals surface area contributed by atoms with Gasteiger partial charge in [-0.3, -0.25) is 19.6 Å². The molecule has 0 aliphatic carbocycles. The van der Waals surface area contributed by atoms with Crippen LogP contribution in [0.3, 0.4) is 0 Å². The number of nitro groups is 1. The van der Waals surface area contributed by atoms with Crippen molar-refractivity contribution in [1.82, 2.24) is 15.1 Å². The van der Waals surface area contributed by atoms with Crippen molar-refractivity contribution in [3.8, 4) is 0 Å². The van der Waals surface area contributed by atoms with Crippen molar-refractivity contribution in [1.29, 1.82) is 0 Å². The van der Waals surface area contributed by atoms with Gasteiger partial charge in [-0.1, -0.05) is 35.9 Å². The fourth-order valence-electron chi connectivity index (χ4n) is 3.18. The molecule has 0 aliphatic rings. The molecule has 0 saturated heterocycles. The van der Waals surface area contributed by atoms with E-state index in [-0.39, 0.29) is 17.6 Å². The summed E-state index contributed by atoms with van der Waals surface area (Å²) in [5.74, 6) is -0.189. The molecule has 1 heterocycles. The molecular formula is C21H21ClN4O3. The molecule has 3 aromatic rings. The first-order valence-corrected chi connectivity index (χ1v) is 9.47. The number of benzene rings is 2.